The lowest BCUT2D eigenvalue weighted by Crippen LogP contribution is -2.53. The normalized spacial score (nSPS) is 56.5. The van der Waals surface area contributed by atoms with Crippen LogP contribution in [0, 0.1) is 0 Å². The molecule has 0 radical (unpaired) electrons. The molecule has 2 fully saturated rings. The van der Waals surface area contributed by atoms with Crippen molar-refractivity contribution in [2.24, 2.45) is 0 Å². The number of ether oxygens (including phenoxy) is 1. The second-order valence-corrected chi connectivity index (χ2v) is 3.98. The van der Waals surface area contributed by atoms with E-state index in [1.54, 1.807) is 0 Å². The van der Waals surface area contributed by atoms with Gasteiger partial charge in [0.1, 0.15) is 23.7 Å². The van der Waals surface area contributed by atoms with Gasteiger partial charge < -0.3 is 20.1 Å². The Morgan fingerprint density at radius 3 is 2.55 bits per heavy atom. The molecule has 11 heavy (non-hydrogen) atoms. The number of aliphatic hydroxyl groups excluding tert-OH is 3. The van der Waals surface area contributed by atoms with Gasteiger partial charge in [-0.1, -0.05) is 0 Å². The van der Waals surface area contributed by atoms with E-state index in [0.717, 1.165) is 0 Å². The van der Waals surface area contributed by atoms with Crippen molar-refractivity contribution in [3.8, 4) is 0 Å². The largest absolute Gasteiger partial charge is 0.388 e. The first-order valence-electron chi connectivity index (χ1n) is 3.51. The molecule has 0 saturated carbocycles. The molecular weight excluding hydrogens is 168 g/mol. The molecular formula is C6H10O4S. The molecule has 0 aromatic heterocycles. The molecule has 0 aromatic carbocycles. The third-order valence-corrected chi connectivity index (χ3v) is 3.33. The van der Waals surface area contributed by atoms with E-state index in [1.807, 2.05) is 0 Å². The second-order valence-electron chi connectivity index (χ2n) is 2.85. The van der Waals surface area contributed by atoms with E-state index in [2.05, 4.69) is 0 Å². The van der Waals surface area contributed by atoms with Gasteiger partial charge >= 0.3 is 0 Å². The zero-order chi connectivity index (χ0) is 8.01. The first-order chi connectivity index (χ1) is 5.20. The zero-order valence-corrected chi connectivity index (χ0v) is 6.57. The Bertz CT molecular complexity index is 145. The van der Waals surface area contributed by atoms with E-state index < -0.39 is 18.3 Å². The Hall–Kier alpha value is 0.190. The Kier molecular flexibility index (Phi) is 1.85. The van der Waals surface area contributed by atoms with Crippen LogP contribution < -0.4 is 0 Å². The topological polar surface area (TPSA) is 69.9 Å². The van der Waals surface area contributed by atoms with Crippen molar-refractivity contribution < 1.29 is 20.1 Å². The molecule has 2 aliphatic rings. The van der Waals surface area contributed by atoms with Crippen LogP contribution in [-0.4, -0.2) is 50.9 Å². The van der Waals surface area contributed by atoms with E-state index >= 15 is 0 Å². The van der Waals surface area contributed by atoms with Crippen molar-refractivity contribution in [2.75, 3.05) is 5.75 Å². The van der Waals surface area contributed by atoms with Gasteiger partial charge in [0.15, 0.2) is 0 Å². The fourth-order valence-electron chi connectivity index (χ4n) is 1.38. The van der Waals surface area contributed by atoms with Crippen molar-refractivity contribution in [3.05, 3.63) is 0 Å². The maximum atomic E-state index is 9.29. The van der Waals surface area contributed by atoms with Gasteiger partial charge in [0.05, 0.1) is 6.10 Å². The van der Waals surface area contributed by atoms with Crippen molar-refractivity contribution in [2.45, 2.75) is 29.9 Å². The third kappa shape index (κ3) is 1.08. The summed E-state index contributed by atoms with van der Waals surface area (Å²) in [6.45, 7) is 0. The highest BCUT2D eigenvalue weighted by Gasteiger charge is 2.48. The van der Waals surface area contributed by atoms with Gasteiger partial charge in [-0.05, 0) is 0 Å². The van der Waals surface area contributed by atoms with Crippen molar-refractivity contribution in [3.63, 3.8) is 0 Å². The Balaban J connectivity index is 2.16. The molecule has 2 aliphatic heterocycles. The Morgan fingerprint density at radius 1 is 1.09 bits per heavy atom. The van der Waals surface area contributed by atoms with Gasteiger partial charge in [-0.2, -0.15) is 0 Å². The maximum absolute atomic E-state index is 9.29. The van der Waals surface area contributed by atoms with Crippen LogP contribution in [0.15, 0.2) is 0 Å². The smallest absolute Gasteiger partial charge is 0.132 e. The predicted molar refractivity (Wildman–Crippen MR) is 39.1 cm³/mol. The van der Waals surface area contributed by atoms with E-state index in [4.69, 9.17) is 4.74 Å². The number of hydrogen-bond acceptors (Lipinski definition) is 5. The van der Waals surface area contributed by atoms with Gasteiger partial charge in [-0.25, -0.2) is 0 Å². The first kappa shape index (κ1) is 7.82. The van der Waals surface area contributed by atoms with Gasteiger partial charge in [0.2, 0.25) is 0 Å². The molecule has 3 N–H and O–H groups in total. The number of hydrogen-bond donors (Lipinski definition) is 3. The monoisotopic (exact) mass is 178 g/mol. The summed E-state index contributed by atoms with van der Waals surface area (Å²) >= 11 is 1.44. The molecule has 4 nitrogen and oxygen atoms in total. The van der Waals surface area contributed by atoms with E-state index in [0.29, 0.717) is 5.75 Å². The van der Waals surface area contributed by atoms with Crippen LogP contribution >= 0.6 is 11.8 Å². The highest BCUT2D eigenvalue weighted by Crippen LogP contribution is 2.36. The molecule has 2 saturated heterocycles. The van der Waals surface area contributed by atoms with E-state index in [-0.39, 0.29) is 11.5 Å². The molecule has 0 spiro atoms. The molecule has 2 rings (SSSR count). The standard InChI is InChI=1S/C6H10O4S/c7-3-2-1-11-6(10-2)5(9)4(3)8/h2-9H,1H2/t2-,3+,4-,5-,6?/m0/s1. The summed E-state index contributed by atoms with van der Waals surface area (Å²) in [5.74, 6) is 0.653. The fraction of sp³-hybridized carbons (Fsp3) is 1.00. The van der Waals surface area contributed by atoms with Crippen LogP contribution in [0.2, 0.25) is 0 Å². The summed E-state index contributed by atoms with van der Waals surface area (Å²) in [6.07, 6.45) is -3.23. The minimum Gasteiger partial charge on any atom is -0.388 e. The summed E-state index contributed by atoms with van der Waals surface area (Å²) in [7, 11) is 0. The van der Waals surface area contributed by atoms with Gasteiger partial charge in [0.25, 0.3) is 0 Å². The van der Waals surface area contributed by atoms with Crippen LogP contribution in [0.5, 0.6) is 0 Å². The lowest BCUT2D eigenvalue weighted by molar-refractivity contribution is -0.183. The van der Waals surface area contributed by atoms with E-state index in [9.17, 15) is 15.3 Å². The summed E-state index contributed by atoms with van der Waals surface area (Å²) < 4.78 is 5.20. The second kappa shape index (κ2) is 2.60. The number of aliphatic hydroxyl groups is 3. The molecule has 2 bridgehead atoms. The van der Waals surface area contributed by atoms with Crippen LogP contribution in [-0.2, 0) is 4.74 Å². The highest BCUT2D eigenvalue weighted by atomic mass is 32.2. The van der Waals surface area contributed by atoms with Crippen LogP contribution in [0.25, 0.3) is 0 Å². The summed E-state index contributed by atoms with van der Waals surface area (Å²) in [6, 6.07) is 0. The lowest BCUT2D eigenvalue weighted by Gasteiger charge is -2.33. The molecule has 0 aliphatic carbocycles. The van der Waals surface area contributed by atoms with Crippen LogP contribution in [0.3, 0.4) is 0 Å². The quantitative estimate of drug-likeness (QED) is 0.423. The molecule has 64 valence electrons. The first-order valence-corrected chi connectivity index (χ1v) is 4.56. The maximum Gasteiger partial charge on any atom is 0.132 e. The molecule has 1 unspecified atom stereocenters. The average molecular weight is 178 g/mol. The average Bonchev–Trinajstić information content (AvgIpc) is 2.44. The predicted octanol–water partition coefficient (Wildman–Crippen LogP) is -1.46. The van der Waals surface area contributed by atoms with Crippen molar-refractivity contribution in [1.82, 2.24) is 0 Å². The SMILES string of the molecule is O[C@H]1[C@H](O)[C@H](O)C2O[C@H]1CS2. The highest BCUT2D eigenvalue weighted by molar-refractivity contribution is 8.00. The summed E-state index contributed by atoms with van der Waals surface area (Å²) in [5.41, 5.74) is -0.349. The minimum absolute atomic E-state index is 0.302. The molecule has 0 amide bonds. The number of thioether (sulfide) groups is 1. The Labute approximate surface area is 68.2 Å². The summed E-state index contributed by atoms with van der Waals surface area (Å²) in [5, 5.41) is 27.8. The fourth-order valence-corrected chi connectivity index (χ4v) is 2.62. The van der Waals surface area contributed by atoms with Gasteiger partial charge in [-0.3, -0.25) is 0 Å². The third-order valence-electron chi connectivity index (χ3n) is 2.09. The van der Waals surface area contributed by atoms with E-state index in [1.165, 1.54) is 11.8 Å². The zero-order valence-electron chi connectivity index (χ0n) is 5.75. The molecule has 5 atom stereocenters. The molecule has 5 heteroatoms. The molecule has 0 aromatic rings. The number of fused-ring (bicyclic) bond motifs is 2. The van der Waals surface area contributed by atoms with Crippen LogP contribution in [0.1, 0.15) is 0 Å². The van der Waals surface area contributed by atoms with Gasteiger partial charge in [-0.15, -0.1) is 11.8 Å². The lowest BCUT2D eigenvalue weighted by atomic mass is 10.0. The van der Waals surface area contributed by atoms with Crippen molar-refractivity contribution >= 4 is 11.8 Å². The van der Waals surface area contributed by atoms with Crippen LogP contribution in [0.4, 0.5) is 0 Å². The summed E-state index contributed by atoms with van der Waals surface area (Å²) in [4.78, 5) is 0. The number of rotatable bonds is 0. The van der Waals surface area contributed by atoms with Crippen molar-refractivity contribution in [1.29, 1.82) is 0 Å². The minimum atomic E-state index is -1.05. The van der Waals surface area contributed by atoms with Gasteiger partial charge in [0, 0.05) is 5.75 Å². The Morgan fingerprint density at radius 2 is 1.82 bits per heavy atom. The molecule has 2 heterocycles.